The fourth-order valence-electron chi connectivity index (χ4n) is 4.43. The number of carbonyl (C=O) groups is 2. The molecule has 1 aliphatic rings. The first-order valence-electron chi connectivity index (χ1n) is 10.8. The standard InChI is InChI=1S/C27H23NO5/c1-17-23(15-26(29)30)22-7-3-4-8-24(22)28(17)27(31)18-10-12-20(13-11-18)32-16-21-14-19-6-2-5-9-25(19)33-21/h2-13,21H,14-16H2,1H3,(H,29,30). The molecule has 1 aromatic heterocycles. The lowest BCUT2D eigenvalue weighted by Gasteiger charge is -2.13. The molecule has 0 fully saturated rings. The van der Waals surface area contributed by atoms with Gasteiger partial charge in [-0.25, -0.2) is 0 Å². The lowest BCUT2D eigenvalue weighted by Crippen LogP contribution is -2.22. The molecule has 1 aliphatic heterocycles. The Labute approximate surface area is 191 Å². The van der Waals surface area contributed by atoms with Gasteiger partial charge in [0.05, 0.1) is 11.9 Å². The zero-order valence-electron chi connectivity index (χ0n) is 18.2. The molecule has 33 heavy (non-hydrogen) atoms. The Kier molecular flexibility index (Phi) is 5.34. The minimum atomic E-state index is -0.927. The normalized spacial score (nSPS) is 14.6. The number of ether oxygens (including phenoxy) is 2. The van der Waals surface area contributed by atoms with Crippen LogP contribution < -0.4 is 9.47 Å². The van der Waals surface area contributed by atoms with Crippen LogP contribution in [0.25, 0.3) is 10.9 Å². The Balaban J connectivity index is 1.33. The smallest absolute Gasteiger partial charge is 0.307 e. The first kappa shape index (κ1) is 20.8. The van der Waals surface area contributed by atoms with Gasteiger partial charge in [-0.3, -0.25) is 14.2 Å². The van der Waals surface area contributed by atoms with E-state index in [1.165, 1.54) is 5.56 Å². The molecule has 6 heteroatoms. The van der Waals surface area contributed by atoms with E-state index in [4.69, 9.17) is 9.47 Å². The highest BCUT2D eigenvalue weighted by atomic mass is 16.5. The minimum Gasteiger partial charge on any atom is -0.490 e. The Morgan fingerprint density at radius 1 is 1.03 bits per heavy atom. The summed E-state index contributed by atoms with van der Waals surface area (Å²) in [6.45, 7) is 2.20. The second-order valence-corrected chi connectivity index (χ2v) is 8.18. The molecular weight excluding hydrogens is 418 g/mol. The van der Waals surface area contributed by atoms with Crippen LogP contribution in [0, 0.1) is 6.92 Å². The molecule has 0 saturated carbocycles. The number of hydrogen-bond acceptors (Lipinski definition) is 4. The molecule has 2 heterocycles. The number of benzene rings is 3. The highest BCUT2D eigenvalue weighted by Crippen LogP contribution is 2.29. The van der Waals surface area contributed by atoms with Gasteiger partial charge in [0, 0.05) is 23.1 Å². The summed E-state index contributed by atoms with van der Waals surface area (Å²) in [7, 11) is 0. The molecule has 6 nitrogen and oxygen atoms in total. The van der Waals surface area contributed by atoms with E-state index in [1.54, 1.807) is 35.8 Å². The number of carbonyl (C=O) groups excluding carboxylic acids is 1. The van der Waals surface area contributed by atoms with Crippen molar-refractivity contribution in [2.45, 2.75) is 25.9 Å². The van der Waals surface area contributed by atoms with Crippen LogP contribution in [0.4, 0.5) is 0 Å². The van der Waals surface area contributed by atoms with Crippen molar-refractivity contribution in [1.82, 2.24) is 4.57 Å². The van der Waals surface area contributed by atoms with Crippen molar-refractivity contribution in [2.24, 2.45) is 0 Å². The van der Waals surface area contributed by atoms with Crippen LogP contribution in [-0.2, 0) is 17.6 Å². The molecule has 1 unspecified atom stereocenters. The van der Waals surface area contributed by atoms with Crippen molar-refractivity contribution in [3.8, 4) is 11.5 Å². The number of nitrogens with zero attached hydrogens (tertiary/aromatic N) is 1. The molecule has 3 aromatic carbocycles. The van der Waals surface area contributed by atoms with Gasteiger partial charge in [-0.05, 0) is 54.4 Å². The third-order valence-corrected chi connectivity index (χ3v) is 6.02. The van der Waals surface area contributed by atoms with E-state index in [1.807, 2.05) is 42.5 Å². The maximum absolute atomic E-state index is 13.3. The van der Waals surface area contributed by atoms with Crippen molar-refractivity contribution >= 4 is 22.8 Å². The summed E-state index contributed by atoms with van der Waals surface area (Å²) in [5.41, 5.74) is 3.68. The molecule has 166 valence electrons. The number of aromatic nitrogens is 1. The van der Waals surface area contributed by atoms with E-state index in [0.29, 0.717) is 34.7 Å². The Hall–Kier alpha value is -4.06. The van der Waals surface area contributed by atoms with Gasteiger partial charge in [0.25, 0.3) is 5.91 Å². The van der Waals surface area contributed by atoms with E-state index in [0.717, 1.165) is 17.6 Å². The summed E-state index contributed by atoms with van der Waals surface area (Å²) >= 11 is 0. The summed E-state index contributed by atoms with van der Waals surface area (Å²) in [5.74, 6) is 0.432. The molecule has 0 saturated heterocycles. The molecular formula is C27H23NO5. The fraction of sp³-hybridized carbons (Fsp3) is 0.185. The average molecular weight is 441 g/mol. The SMILES string of the molecule is Cc1c(CC(=O)O)c2ccccc2n1C(=O)c1ccc(OCC2Cc3ccccc3O2)cc1. The Morgan fingerprint density at radius 3 is 2.52 bits per heavy atom. The fourth-order valence-corrected chi connectivity index (χ4v) is 4.43. The summed E-state index contributed by atoms with van der Waals surface area (Å²) in [5, 5.41) is 10.1. The van der Waals surface area contributed by atoms with Gasteiger partial charge in [-0.15, -0.1) is 0 Å². The third-order valence-electron chi connectivity index (χ3n) is 6.02. The number of para-hydroxylation sites is 2. The van der Waals surface area contributed by atoms with E-state index in [2.05, 4.69) is 6.07 Å². The zero-order valence-corrected chi connectivity index (χ0v) is 18.2. The summed E-state index contributed by atoms with van der Waals surface area (Å²) in [4.78, 5) is 24.7. The minimum absolute atomic E-state index is 0.0368. The maximum atomic E-state index is 13.3. The highest BCUT2D eigenvalue weighted by Gasteiger charge is 2.23. The summed E-state index contributed by atoms with van der Waals surface area (Å²) in [6.07, 6.45) is 0.642. The molecule has 1 atom stereocenters. The molecule has 0 spiro atoms. The van der Waals surface area contributed by atoms with E-state index in [9.17, 15) is 14.7 Å². The predicted molar refractivity (Wildman–Crippen MR) is 124 cm³/mol. The van der Waals surface area contributed by atoms with Crippen LogP contribution in [0.1, 0.15) is 27.2 Å². The lowest BCUT2D eigenvalue weighted by atomic mass is 10.1. The number of rotatable bonds is 6. The predicted octanol–water partition coefficient (Wildman–Crippen LogP) is 4.65. The average Bonchev–Trinajstić information content (AvgIpc) is 3.36. The molecule has 1 N–H and O–H groups in total. The maximum Gasteiger partial charge on any atom is 0.307 e. The van der Waals surface area contributed by atoms with Crippen molar-refractivity contribution in [1.29, 1.82) is 0 Å². The highest BCUT2D eigenvalue weighted by molar-refractivity contribution is 6.04. The van der Waals surface area contributed by atoms with Crippen LogP contribution in [0.2, 0.25) is 0 Å². The first-order valence-corrected chi connectivity index (χ1v) is 10.8. The van der Waals surface area contributed by atoms with E-state index >= 15 is 0 Å². The Bertz CT molecular complexity index is 1330. The van der Waals surface area contributed by atoms with Gasteiger partial charge in [0.1, 0.15) is 24.2 Å². The molecule has 5 rings (SSSR count). The van der Waals surface area contributed by atoms with Gasteiger partial charge in [0.2, 0.25) is 0 Å². The second kappa shape index (κ2) is 8.47. The van der Waals surface area contributed by atoms with Crippen LogP contribution in [-0.4, -0.2) is 34.3 Å². The van der Waals surface area contributed by atoms with Gasteiger partial charge < -0.3 is 14.6 Å². The van der Waals surface area contributed by atoms with Crippen molar-refractivity contribution in [3.05, 3.63) is 95.2 Å². The van der Waals surface area contributed by atoms with Gasteiger partial charge in [-0.1, -0.05) is 36.4 Å². The molecule has 0 radical (unpaired) electrons. The van der Waals surface area contributed by atoms with Gasteiger partial charge >= 0.3 is 5.97 Å². The van der Waals surface area contributed by atoms with Crippen molar-refractivity contribution < 1.29 is 24.2 Å². The quantitative estimate of drug-likeness (QED) is 0.471. The third kappa shape index (κ3) is 3.96. The van der Waals surface area contributed by atoms with Crippen LogP contribution >= 0.6 is 0 Å². The summed E-state index contributed by atoms with van der Waals surface area (Å²) in [6, 6.07) is 22.4. The number of fused-ring (bicyclic) bond motifs is 2. The number of hydrogen-bond donors (Lipinski definition) is 1. The van der Waals surface area contributed by atoms with E-state index in [-0.39, 0.29) is 18.4 Å². The van der Waals surface area contributed by atoms with Crippen molar-refractivity contribution in [3.63, 3.8) is 0 Å². The molecule has 4 aromatic rings. The lowest BCUT2D eigenvalue weighted by molar-refractivity contribution is -0.136. The van der Waals surface area contributed by atoms with Gasteiger partial charge in [0.15, 0.2) is 0 Å². The molecule has 0 amide bonds. The summed E-state index contributed by atoms with van der Waals surface area (Å²) < 4.78 is 13.4. The second-order valence-electron chi connectivity index (χ2n) is 8.18. The molecule has 0 bridgehead atoms. The van der Waals surface area contributed by atoms with E-state index < -0.39 is 5.97 Å². The number of carboxylic acids is 1. The van der Waals surface area contributed by atoms with Crippen LogP contribution in [0.15, 0.2) is 72.8 Å². The number of carboxylic acid groups (broad SMARTS) is 1. The van der Waals surface area contributed by atoms with Crippen molar-refractivity contribution in [2.75, 3.05) is 6.61 Å². The number of aliphatic carboxylic acids is 1. The monoisotopic (exact) mass is 441 g/mol. The largest absolute Gasteiger partial charge is 0.490 e. The van der Waals surface area contributed by atoms with Crippen LogP contribution in [0.5, 0.6) is 11.5 Å². The Morgan fingerprint density at radius 2 is 1.76 bits per heavy atom. The van der Waals surface area contributed by atoms with Gasteiger partial charge in [-0.2, -0.15) is 0 Å². The topological polar surface area (TPSA) is 77.8 Å². The van der Waals surface area contributed by atoms with Crippen LogP contribution in [0.3, 0.4) is 0 Å². The first-order chi connectivity index (χ1) is 16.0. The zero-order chi connectivity index (χ0) is 22.9. The molecule has 0 aliphatic carbocycles.